The van der Waals surface area contributed by atoms with Crippen molar-refractivity contribution >= 4 is 16.9 Å². The molecule has 0 fully saturated rings. The molecule has 7 heteroatoms. The maximum absolute atomic E-state index is 13.3. The zero-order valence-electron chi connectivity index (χ0n) is 18.4. The van der Waals surface area contributed by atoms with Crippen molar-refractivity contribution in [3.63, 3.8) is 0 Å². The van der Waals surface area contributed by atoms with Crippen LogP contribution in [0, 0.1) is 0 Å². The first-order chi connectivity index (χ1) is 16.6. The fourth-order valence-corrected chi connectivity index (χ4v) is 4.19. The van der Waals surface area contributed by atoms with Gasteiger partial charge < -0.3 is 24.9 Å². The summed E-state index contributed by atoms with van der Waals surface area (Å²) in [5.74, 6) is -0.00860. The van der Waals surface area contributed by atoms with Gasteiger partial charge in [-0.15, -0.1) is 0 Å². The van der Waals surface area contributed by atoms with E-state index in [2.05, 4.69) is 4.98 Å². The molecular formula is C27H22N2O5. The maximum atomic E-state index is 13.3. The van der Waals surface area contributed by atoms with Crippen LogP contribution in [0.5, 0.6) is 17.2 Å². The van der Waals surface area contributed by atoms with E-state index in [1.165, 1.54) is 0 Å². The minimum absolute atomic E-state index is 0.0759. The number of hydrogen-bond acceptors (Lipinski definition) is 6. The number of aromatic amines is 1. The minimum atomic E-state index is -0.810. The lowest BCUT2D eigenvalue weighted by atomic mass is 9.83. The number of carbonyl (C=O) groups is 1. The summed E-state index contributed by atoms with van der Waals surface area (Å²) < 4.78 is 17.1. The van der Waals surface area contributed by atoms with E-state index in [0.29, 0.717) is 33.7 Å². The first kappa shape index (κ1) is 21.3. The van der Waals surface area contributed by atoms with Crippen molar-refractivity contribution in [2.24, 2.45) is 5.73 Å². The monoisotopic (exact) mass is 454 g/mol. The van der Waals surface area contributed by atoms with Gasteiger partial charge in [-0.2, -0.15) is 0 Å². The molecule has 1 unspecified atom stereocenters. The largest absolute Gasteiger partial charge is 0.462 e. The van der Waals surface area contributed by atoms with E-state index in [1.54, 1.807) is 31.2 Å². The zero-order valence-corrected chi connectivity index (χ0v) is 18.4. The number of pyridine rings is 1. The molecule has 4 aromatic rings. The molecule has 3 aromatic carbocycles. The third kappa shape index (κ3) is 3.77. The Hall–Kier alpha value is -4.52. The van der Waals surface area contributed by atoms with Crippen molar-refractivity contribution in [3.8, 4) is 17.2 Å². The van der Waals surface area contributed by atoms with Gasteiger partial charge in [-0.25, -0.2) is 4.79 Å². The molecule has 0 aliphatic carbocycles. The number of nitrogens with two attached hydrogens (primary N) is 1. The van der Waals surface area contributed by atoms with Crippen LogP contribution in [0.15, 0.2) is 95.1 Å². The lowest BCUT2D eigenvalue weighted by molar-refractivity contribution is -0.139. The fraction of sp³-hybridized carbons (Fsp3) is 0.111. The normalized spacial score (nSPS) is 14.9. The summed E-state index contributed by atoms with van der Waals surface area (Å²) in [6.07, 6.45) is 0. The van der Waals surface area contributed by atoms with E-state index >= 15 is 0 Å². The lowest BCUT2D eigenvalue weighted by Crippen LogP contribution is -2.32. The van der Waals surface area contributed by atoms with Crippen LogP contribution in [0.4, 0.5) is 0 Å². The van der Waals surface area contributed by atoms with Crippen LogP contribution in [0.1, 0.15) is 24.0 Å². The number of hydrogen-bond donors (Lipinski definition) is 2. The highest BCUT2D eigenvalue weighted by atomic mass is 16.5. The molecule has 1 aliphatic heterocycles. The summed E-state index contributed by atoms with van der Waals surface area (Å²) in [5, 5.41) is 0.685. The van der Waals surface area contributed by atoms with Crippen molar-refractivity contribution in [3.05, 3.63) is 112 Å². The van der Waals surface area contributed by atoms with E-state index in [1.807, 2.05) is 54.6 Å². The third-order valence-corrected chi connectivity index (χ3v) is 5.63. The summed E-state index contributed by atoms with van der Waals surface area (Å²) >= 11 is 0. The second-order valence-corrected chi connectivity index (χ2v) is 7.76. The molecule has 0 spiro atoms. The third-order valence-electron chi connectivity index (χ3n) is 5.63. The molecule has 0 radical (unpaired) electrons. The summed E-state index contributed by atoms with van der Waals surface area (Å²) in [7, 11) is 0. The van der Waals surface area contributed by atoms with Gasteiger partial charge in [0.15, 0.2) is 0 Å². The Morgan fingerprint density at radius 1 is 1.00 bits per heavy atom. The molecule has 3 N–H and O–H groups in total. The Balaban J connectivity index is 1.70. The van der Waals surface area contributed by atoms with Gasteiger partial charge in [-0.3, -0.25) is 4.79 Å². The van der Waals surface area contributed by atoms with Crippen LogP contribution in [0.25, 0.3) is 10.9 Å². The van der Waals surface area contributed by atoms with Crippen molar-refractivity contribution < 1.29 is 19.0 Å². The van der Waals surface area contributed by atoms with Gasteiger partial charge in [-0.05, 0) is 48.9 Å². The molecule has 0 saturated carbocycles. The molecule has 1 aliphatic rings. The van der Waals surface area contributed by atoms with Gasteiger partial charge in [0.25, 0.3) is 5.56 Å². The highest BCUT2D eigenvalue weighted by molar-refractivity contribution is 5.95. The summed E-state index contributed by atoms with van der Waals surface area (Å²) in [5.41, 5.74) is 7.51. The fourth-order valence-electron chi connectivity index (χ4n) is 4.19. The molecule has 1 atom stereocenters. The quantitative estimate of drug-likeness (QED) is 0.428. The first-order valence-electron chi connectivity index (χ1n) is 10.9. The Morgan fingerprint density at radius 2 is 1.74 bits per heavy atom. The number of H-pyrrole nitrogens is 1. The summed E-state index contributed by atoms with van der Waals surface area (Å²) in [6, 6.07) is 23.8. The Bertz CT molecular complexity index is 1470. The van der Waals surface area contributed by atoms with Crippen LogP contribution in [0.3, 0.4) is 0 Å². The number of fused-ring (bicyclic) bond motifs is 3. The van der Waals surface area contributed by atoms with Gasteiger partial charge >= 0.3 is 5.97 Å². The number of para-hydroxylation sites is 2. The summed E-state index contributed by atoms with van der Waals surface area (Å²) in [6.45, 7) is 1.86. The molecule has 34 heavy (non-hydrogen) atoms. The molecule has 2 heterocycles. The Labute approximate surface area is 195 Å². The average molecular weight is 454 g/mol. The minimum Gasteiger partial charge on any atom is -0.462 e. The topological polar surface area (TPSA) is 104 Å². The number of rotatable bonds is 5. The molecule has 0 bridgehead atoms. The average Bonchev–Trinajstić information content (AvgIpc) is 2.84. The second-order valence-electron chi connectivity index (χ2n) is 7.76. The van der Waals surface area contributed by atoms with Crippen molar-refractivity contribution in [1.82, 2.24) is 4.98 Å². The predicted octanol–water partition coefficient (Wildman–Crippen LogP) is 4.58. The van der Waals surface area contributed by atoms with Crippen molar-refractivity contribution in [2.75, 3.05) is 6.61 Å². The number of ether oxygens (including phenoxy) is 3. The van der Waals surface area contributed by atoms with E-state index in [-0.39, 0.29) is 29.2 Å². The zero-order chi connectivity index (χ0) is 23.7. The van der Waals surface area contributed by atoms with Gasteiger partial charge in [0.1, 0.15) is 22.8 Å². The van der Waals surface area contributed by atoms with Gasteiger partial charge in [0.2, 0.25) is 5.88 Å². The van der Waals surface area contributed by atoms with Crippen LogP contribution in [-0.2, 0) is 9.53 Å². The van der Waals surface area contributed by atoms with Crippen molar-refractivity contribution in [1.29, 1.82) is 0 Å². The highest BCUT2D eigenvalue weighted by Crippen LogP contribution is 2.44. The van der Waals surface area contributed by atoms with E-state index in [0.717, 1.165) is 0 Å². The van der Waals surface area contributed by atoms with Crippen LogP contribution in [0.2, 0.25) is 0 Å². The molecule has 170 valence electrons. The van der Waals surface area contributed by atoms with Gasteiger partial charge in [0.05, 0.1) is 23.6 Å². The summed E-state index contributed by atoms with van der Waals surface area (Å²) in [4.78, 5) is 29.2. The number of nitrogens with one attached hydrogen (secondary N) is 1. The maximum Gasteiger partial charge on any atom is 0.340 e. The van der Waals surface area contributed by atoms with E-state index < -0.39 is 11.9 Å². The molecule has 0 amide bonds. The van der Waals surface area contributed by atoms with Crippen molar-refractivity contribution in [2.45, 2.75) is 12.8 Å². The van der Waals surface area contributed by atoms with E-state index in [4.69, 9.17) is 19.9 Å². The Morgan fingerprint density at radius 3 is 2.53 bits per heavy atom. The number of carbonyl (C=O) groups excluding carboxylic acids is 1. The smallest absolute Gasteiger partial charge is 0.340 e. The van der Waals surface area contributed by atoms with Gasteiger partial charge in [0, 0.05) is 5.39 Å². The molecule has 0 saturated heterocycles. The van der Waals surface area contributed by atoms with Gasteiger partial charge in [-0.1, -0.05) is 42.5 Å². The molecule has 1 aromatic heterocycles. The van der Waals surface area contributed by atoms with Crippen LogP contribution in [-0.4, -0.2) is 17.6 Å². The van der Waals surface area contributed by atoms with E-state index in [9.17, 15) is 9.59 Å². The molecule has 7 nitrogen and oxygen atoms in total. The number of aromatic nitrogens is 1. The second kappa shape index (κ2) is 8.78. The molecular weight excluding hydrogens is 432 g/mol. The van der Waals surface area contributed by atoms with Crippen LogP contribution >= 0.6 is 0 Å². The Kier molecular flexibility index (Phi) is 5.51. The highest BCUT2D eigenvalue weighted by Gasteiger charge is 2.38. The number of benzene rings is 3. The number of esters is 1. The first-order valence-corrected chi connectivity index (χ1v) is 10.9. The van der Waals surface area contributed by atoms with Crippen LogP contribution < -0.4 is 20.8 Å². The standard InChI is InChI=1S/C27H22N2O5/c1-2-32-27(31)23-21(16-9-8-12-18(15-16)33-17-10-4-3-5-11-17)22-24(34-25(23)28)19-13-6-7-14-20(19)29-26(22)30/h3-15,21H,2,28H2,1H3,(H,29,30). The lowest BCUT2D eigenvalue weighted by Gasteiger charge is -2.28. The predicted molar refractivity (Wildman–Crippen MR) is 128 cm³/mol. The molecule has 5 rings (SSSR count). The SMILES string of the molecule is CCOC(=O)C1=C(N)Oc2c(c(=O)[nH]c3ccccc23)C1c1cccc(Oc2ccccc2)c1.